The van der Waals surface area contributed by atoms with E-state index in [4.69, 9.17) is 9.15 Å². The van der Waals surface area contributed by atoms with Crippen molar-refractivity contribution in [1.82, 2.24) is 5.32 Å². The standard InChI is InChI=1S/C14H14FNO4/c1-19-6-2-5-16-13(17)11-7-9-3-4-10(15)8-12(9)20-14(11)18/h3-4,7-8H,2,5-6H2,1H3,(H,16,17). The van der Waals surface area contributed by atoms with Gasteiger partial charge >= 0.3 is 5.63 Å². The number of carbonyl (C=O) groups excluding carboxylic acids is 1. The second kappa shape index (κ2) is 6.29. The highest BCUT2D eigenvalue weighted by Gasteiger charge is 2.13. The second-order valence-electron chi connectivity index (χ2n) is 4.23. The summed E-state index contributed by atoms with van der Waals surface area (Å²) in [6, 6.07) is 5.20. The van der Waals surface area contributed by atoms with E-state index in [0.717, 1.165) is 6.07 Å². The smallest absolute Gasteiger partial charge is 0.349 e. The van der Waals surface area contributed by atoms with Gasteiger partial charge in [-0.25, -0.2) is 9.18 Å². The quantitative estimate of drug-likeness (QED) is 0.668. The van der Waals surface area contributed by atoms with E-state index in [1.54, 1.807) is 7.11 Å². The summed E-state index contributed by atoms with van der Waals surface area (Å²) in [4.78, 5) is 23.6. The Morgan fingerprint density at radius 1 is 1.40 bits per heavy atom. The lowest BCUT2D eigenvalue weighted by molar-refractivity contribution is 0.0945. The lowest BCUT2D eigenvalue weighted by Gasteiger charge is -2.04. The molecule has 1 heterocycles. The van der Waals surface area contributed by atoms with Crippen LogP contribution in [0.5, 0.6) is 0 Å². The monoisotopic (exact) mass is 279 g/mol. The zero-order chi connectivity index (χ0) is 14.5. The van der Waals surface area contributed by atoms with Gasteiger partial charge in [0.1, 0.15) is 17.0 Å². The summed E-state index contributed by atoms with van der Waals surface area (Å²) in [6.45, 7) is 0.916. The zero-order valence-corrected chi connectivity index (χ0v) is 10.9. The van der Waals surface area contributed by atoms with Crippen molar-refractivity contribution in [3.05, 3.63) is 46.1 Å². The van der Waals surface area contributed by atoms with Crippen molar-refractivity contribution >= 4 is 16.9 Å². The molecule has 0 saturated carbocycles. The normalized spacial score (nSPS) is 10.7. The molecule has 0 fully saturated rings. The summed E-state index contributed by atoms with van der Waals surface area (Å²) in [7, 11) is 1.57. The Hall–Kier alpha value is -2.21. The van der Waals surface area contributed by atoms with Gasteiger partial charge in [0, 0.05) is 31.7 Å². The van der Waals surface area contributed by atoms with Crippen LogP contribution in [0.2, 0.25) is 0 Å². The number of methoxy groups -OCH3 is 1. The lowest BCUT2D eigenvalue weighted by Crippen LogP contribution is -2.29. The molecule has 106 valence electrons. The minimum atomic E-state index is -0.785. The molecular weight excluding hydrogens is 265 g/mol. The molecule has 0 radical (unpaired) electrons. The number of fused-ring (bicyclic) bond motifs is 1. The summed E-state index contributed by atoms with van der Waals surface area (Å²) in [5.41, 5.74) is -0.764. The van der Waals surface area contributed by atoms with Crippen LogP contribution in [0.25, 0.3) is 11.0 Å². The van der Waals surface area contributed by atoms with Gasteiger partial charge < -0.3 is 14.5 Å². The summed E-state index contributed by atoms with van der Waals surface area (Å²) >= 11 is 0. The maximum Gasteiger partial charge on any atom is 0.349 e. The van der Waals surface area contributed by atoms with Crippen LogP contribution in [0.15, 0.2) is 33.5 Å². The third-order valence-electron chi connectivity index (χ3n) is 2.75. The molecule has 0 atom stereocenters. The third kappa shape index (κ3) is 3.21. The number of halogens is 1. The molecule has 6 heteroatoms. The van der Waals surface area contributed by atoms with E-state index >= 15 is 0 Å². The van der Waals surface area contributed by atoms with Crippen LogP contribution in [0.4, 0.5) is 4.39 Å². The van der Waals surface area contributed by atoms with E-state index in [9.17, 15) is 14.0 Å². The zero-order valence-electron chi connectivity index (χ0n) is 10.9. The van der Waals surface area contributed by atoms with Crippen LogP contribution < -0.4 is 10.9 Å². The molecule has 2 aromatic rings. The van der Waals surface area contributed by atoms with E-state index in [0.29, 0.717) is 25.0 Å². The van der Waals surface area contributed by atoms with Crippen molar-refractivity contribution in [3.63, 3.8) is 0 Å². The molecule has 1 amide bonds. The molecule has 1 aromatic carbocycles. The Bertz CT molecular complexity index is 680. The SMILES string of the molecule is COCCCNC(=O)c1cc2ccc(F)cc2oc1=O. The van der Waals surface area contributed by atoms with Crippen molar-refractivity contribution in [2.24, 2.45) is 0 Å². The molecule has 0 aliphatic heterocycles. The number of hydrogen-bond acceptors (Lipinski definition) is 4. The van der Waals surface area contributed by atoms with Crippen molar-refractivity contribution < 1.29 is 18.3 Å². The predicted octanol–water partition coefficient (Wildman–Crippen LogP) is 1.70. The number of nitrogens with one attached hydrogen (secondary N) is 1. The fourth-order valence-corrected chi connectivity index (χ4v) is 1.76. The van der Waals surface area contributed by atoms with E-state index in [1.807, 2.05) is 0 Å². The Morgan fingerprint density at radius 3 is 2.95 bits per heavy atom. The summed E-state index contributed by atoms with van der Waals surface area (Å²) in [5.74, 6) is -1.02. The average Bonchev–Trinajstić information content (AvgIpc) is 2.42. The van der Waals surface area contributed by atoms with E-state index in [1.165, 1.54) is 18.2 Å². The minimum Gasteiger partial charge on any atom is -0.422 e. The van der Waals surface area contributed by atoms with E-state index in [-0.39, 0.29) is 11.1 Å². The van der Waals surface area contributed by atoms with Crippen molar-refractivity contribution in [3.8, 4) is 0 Å². The van der Waals surface area contributed by atoms with Crippen molar-refractivity contribution in [1.29, 1.82) is 0 Å². The number of benzene rings is 1. The van der Waals surface area contributed by atoms with Crippen molar-refractivity contribution in [2.45, 2.75) is 6.42 Å². The lowest BCUT2D eigenvalue weighted by atomic mass is 10.1. The highest BCUT2D eigenvalue weighted by atomic mass is 19.1. The number of amides is 1. The summed E-state index contributed by atoms with van der Waals surface area (Å²) in [5, 5.41) is 3.09. The van der Waals surface area contributed by atoms with Crippen LogP contribution in [-0.4, -0.2) is 26.2 Å². The van der Waals surface area contributed by atoms with Gasteiger partial charge in [-0.15, -0.1) is 0 Å². The largest absolute Gasteiger partial charge is 0.422 e. The molecule has 1 N–H and O–H groups in total. The first kappa shape index (κ1) is 14.2. The predicted molar refractivity (Wildman–Crippen MR) is 71.3 cm³/mol. The van der Waals surface area contributed by atoms with Gasteiger partial charge in [-0.2, -0.15) is 0 Å². The molecule has 1 aromatic heterocycles. The minimum absolute atomic E-state index is 0.0958. The fraction of sp³-hybridized carbons (Fsp3) is 0.286. The Kier molecular flexibility index (Phi) is 4.47. The number of hydrogen-bond donors (Lipinski definition) is 1. The third-order valence-corrected chi connectivity index (χ3v) is 2.75. The summed E-state index contributed by atoms with van der Waals surface area (Å²) in [6.07, 6.45) is 0.645. The maximum absolute atomic E-state index is 13.0. The van der Waals surface area contributed by atoms with Crippen molar-refractivity contribution in [2.75, 3.05) is 20.3 Å². The Labute approximate surface area is 114 Å². The molecule has 5 nitrogen and oxygen atoms in total. The van der Waals surface area contributed by atoms with Gasteiger partial charge in [-0.1, -0.05) is 0 Å². The van der Waals surface area contributed by atoms with E-state index < -0.39 is 17.3 Å². The fourth-order valence-electron chi connectivity index (χ4n) is 1.76. The first-order valence-corrected chi connectivity index (χ1v) is 6.12. The Balaban J connectivity index is 2.21. The highest BCUT2D eigenvalue weighted by molar-refractivity contribution is 5.96. The van der Waals surface area contributed by atoms with E-state index in [2.05, 4.69) is 5.32 Å². The first-order chi connectivity index (χ1) is 9.61. The van der Waals surface area contributed by atoms with Gasteiger partial charge in [-0.3, -0.25) is 4.79 Å². The molecule has 0 spiro atoms. The first-order valence-electron chi connectivity index (χ1n) is 6.12. The topological polar surface area (TPSA) is 68.5 Å². The van der Waals surface area contributed by atoms with Crippen LogP contribution in [0.1, 0.15) is 16.8 Å². The molecule has 0 aliphatic carbocycles. The van der Waals surface area contributed by atoms with Gasteiger partial charge in [0.15, 0.2) is 0 Å². The molecule has 0 unspecified atom stereocenters. The van der Waals surface area contributed by atoms with Crippen LogP contribution in [-0.2, 0) is 4.74 Å². The van der Waals surface area contributed by atoms with Gasteiger partial charge in [0.2, 0.25) is 0 Å². The highest BCUT2D eigenvalue weighted by Crippen LogP contribution is 2.14. The molecule has 0 aliphatic rings. The molecular formula is C14H14FNO4. The van der Waals surface area contributed by atoms with Gasteiger partial charge in [-0.05, 0) is 24.6 Å². The van der Waals surface area contributed by atoms with Gasteiger partial charge in [0.05, 0.1) is 0 Å². The van der Waals surface area contributed by atoms with Crippen LogP contribution in [0.3, 0.4) is 0 Å². The second-order valence-corrected chi connectivity index (χ2v) is 4.23. The number of ether oxygens (including phenoxy) is 1. The number of rotatable bonds is 5. The molecule has 0 saturated heterocycles. The van der Waals surface area contributed by atoms with Crippen LogP contribution >= 0.6 is 0 Å². The molecule has 2 rings (SSSR count). The number of carbonyl (C=O) groups is 1. The van der Waals surface area contributed by atoms with Gasteiger partial charge in [0.25, 0.3) is 5.91 Å². The Morgan fingerprint density at radius 2 is 2.20 bits per heavy atom. The van der Waals surface area contributed by atoms with Crippen LogP contribution in [0, 0.1) is 5.82 Å². The summed E-state index contributed by atoms with van der Waals surface area (Å²) < 4.78 is 22.8. The average molecular weight is 279 g/mol. The molecule has 20 heavy (non-hydrogen) atoms. The maximum atomic E-state index is 13.0. The molecule has 0 bridgehead atoms.